The van der Waals surface area contributed by atoms with Crippen LogP contribution in [0.5, 0.6) is 0 Å². The number of carbonyl (C=O) groups excluding carboxylic acids is 1. The standard InChI is InChI=1S/C26H33N5O2S/c1-3-30(4-2)14-8-11-23(33)31-15-12-20-22(17-31)34-26-24(20)25(27-18-28-26)29-21(13-16-32)19-9-6-5-7-10-19/h5-11,18,21,32H,3-4,12-17H2,1-2H3,(H,27,28,29)/b11-8+/t21-/m1/s1. The zero-order valence-electron chi connectivity index (χ0n) is 19.9. The molecule has 1 atom stereocenters. The van der Waals surface area contributed by atoms with E-state index in [0.717, 1.165) is 47.7 Å². The molecule has 0 aliphatic carbocycles. The van der Waals surface area contributed by atoms with Gasteiger partial charge in [-0.25, -0.2) is 9.97 Å². The number of benzene rings is 1. The Morgan fingerprint density at radius 3 is 2.79 bits per heavy atom. The van der Waals surface area contributed by atoms with Crippen molar-refractivity contribution in [3.63, 3.8) is 0 Å². The number of amides is 1. The number of nitrogens with zero attached hydrogens (tertiary/aromatic N) is 4. The summed E-state index contributed by atoms with van der Waals surface area (Å²) < 4.78 is 0. The Kier molecular flexibility index (Phi) is 8.26. The quantitative estimate of drug-likeness (QED) is 0.428. The summed E-state index contributed by atoms with van der Waals surface area (Å²) in [6.07, 6.45) is 6.64. The van der Waals surface area contributed by atoms with Gasteiger partial charge in [-0.05, 0) is 37.1 Å². The Morgan fingerprint density at radius 2 is 2.06 bits per heavy atom. The highest BCUT2D eigenvalue weighted by atomic mass is 32.1. The molecule has 7 nitrogen and oxygen atoms in total. The minimum atomic E-state index is -0.0440. The van der Waals surface area contributed by atoms with E-state index in [1.807, 2.05) is 29.2 Å². The first kappa shape index (κ1) is 24.3. The number of aliphatic hydroxyl groups is 1. The molecule has 8 heteroatoms. The number of thiophene rings is 1. The van der Waals surface area contributed by atoms with Crippen LogP contribution in [0.4, 0.5) is 5.82 Å². The third kappa shape index (κ3) is 5.46. The summed E-state index contributed by atoms with van der Waals surface area (Å²) in [6, 6.07) is 10.1. The maximum Gasteiger partial charge on any atom is 0.246 e. The minimum Gasteiger partial charge on any atom is -0.396 e. The van der Waals surface area contributed by atoms with E-state index in [1.54, 1.807) is 23.7 Å². The molecule has 1 aliphatic heterocycles. The lowest BCUT2D eigenvalue weighted by molar-refractivity contribution is -0.126. The van der Waals surface area contributed by atoms with Gasteiger partial charge in [-0.15, -0.1) is 11.3 Å². The van der Waals surface area contributed by atoms with Gasteiger partial charge in [0.2, 0.25) is 5.91 Å². The number of likely N-dealkylation sites (N-methyl/N-ethyl adjacent to an activating group) is 1. The Morgan fingerprint density at radius 1 is 1.26 bits per heavy atom. The van der Waals surface area contributed by atoms with E-state index in [2.05, 4.69) is 46.2 Å². The molecule has 0 unspecified atom stereocenters. The number of rotatable bonds is 10. The van der Waals surface area contributed by atoms with Crippen molar-refractivity contribution >= 4 is 33.3 Å². The van der Waals surface area contributed by atoms with Crippen molar-refractivity contribution in [3.8, 4) is 0 Å². The van der Waals surface area contributed by atoms with Gasteiger partial charge in [-0.2, -0.15) is 0 Å². The van der Waals surface area contributed by atoms with Crippen molar-refractivity contribution in [1.82, 2.24) is 19.8 Å². The van der Waals surface area contributed by atoms with Crippen LogP contribution in [-0.2, 0) is 17.8 Å². The van der Waals surface area contributed by atoms with E-state index in [1.165, 1.54) is 10.4 Å². The van der Waals surface area contributed by atoms with Gasteiger partial charge in [0.05, 0.1) is 18.0 Å². The van der Waals surface area contributed by atoms with E-state index in [0.29, 0.717) is 19.5 Å². The summed E-state index contributed by atoms with van der Waals surface area (Å²) in [5.41, 5.74) is 2.34. The zero-order chi connectivity index (χ0) is 23.9. The predicted molar refractivity (Wildman–Crippen MR) is 138 cm³/mol. The van der Waals surface area contributed by atoms with Crippen LogP contribution in [-0.4, -0.2) is 63.6 Å². The van der Waals surface area contributed by atoms with Gasteiger partial charge >= 0.3 is 0 Å². The van der Waals surface area contributed by atoms with Crippen LogP contribution in [0.15, 0.2) is 48.8 Å². The highest BCUT2D eigenvalue weighted by molar-refractivity contribution is 7.19. The smallest absolute Gasteiger partial charge is 0.246 e. The molecule has 0 saturated heterocycles. The molecule has 0 fully saturated rings. The second kappa shape index (κ2) is 11.6. The van der Waals surface area contributed by atoms with Crippen molar-refractivity contribution < 1.29 is 9.90 Å². The number of aromatic nitrogens is 2. The van der Waals surface area contributed by atoms with Crippen LogP contribution < -0.4 is 5.32 Å². The summed E-state index contributed by atoms with van der Waals surface area (Å²) >= 11 is 1.64. The van der Waals surface area contributed by atoms with Gasteiger partial charge in [0.25, 0.3) is 0 Å². The third-order valence-electron chi connectivity index (χ3n) is 6.40. The second-order valence-corrected chi connectivity index (χ2v) is 9.51. The van der Waals surface area contributed by atoms with Crippen LogP contribution in [0.1, 0.15) is 42.3 Å². The second-order valence-electron chi connectivity index (χ2n) is 8.42. The van der Waals surface area contributed by atoms with Gasteiger partial charge in [-0.3, -0.25) is 4.79 Å². The monoisotopic (exact) mass is 479 g/mol. The molecule has 0 bridgehead atoms. The highest BCUT2D eigenvalue weighted by Gasteiger charge is 2.26. The molecular formula is C26H33N5O2S. The van der Waals surface area contributed by atoms with Crippen molar-refractivity contribution in [2.75, 3.05) is 38.1 Å². The predicted octanol–water partition coefficient (Wildman–Crippen LogP) is 4.01. The summed E-state index contributed by atoms with van der Waals surface area (Å²) in [7, 11) is 0. The van der Waals surface area contributed by atoms with Gasteiger partial charge in [0.15, 0.2) is 0 Å². The number of carbonyl (C=O) groups is 1. The molecule has 4 rings (SSSR count). The molecule has 1 aromatic carbocycles. The molecule has 0 radical (unpaired) electrons. The largest absolute Gasteiger partial charge is 0.396 e. The van der Waals surface area contributed by atoms with Gasteiger partial charge < -0.3 is 20.2 Å². The van der Waals surface area contributed by atoms with Crippen LogP contribution in [0, 0.1) is 0 Å². The molecule has 180 valence electrons. The normalized spacial score (nSPS) is 14.6. The molecule has 34 heavy (non-hydrogen) atoms. The highest BCUT2D eigenvalue weighted by Crippen LogP contribution is 2.38. The first-order valence-corrected chi connectivity index (χ1v) is 12.8. The number of hydrogen-bond acceptors (Lipinski definition) is 7. The summed E-state index contributed by atoms with van der Waals surface area (Å²) in [5, 5.41) is 14.2. The van der Waals surface area contributed by atoms with Crippen LogP contribution in [0.2, 0.25) is 0 Å². The van der Waals surface area contributed by atoms with Crippen molar-refractivity contribution in [1.29, 1.82) is 0 Å². The van der Waals surface area contributed by atoms with E-state index in [-0.39, 0.29) is 18.6 Å². The lowest BCUT2D eigenvalue weighted by Crippen LogP contribution is -2.34. The first-order valence-electron chi connectivity index (χ1n) is 12.0. The van der Waals surface area contributed by atoms with Crippen molar-refractivity contribution in [3.05, 3.63) is 64.8 Å². The van der Waals surface area contributed by atoms with Gasteiger partial charge in [0, 0.05) is 30.6 Å². The maximum atomic E-state index is 12.8. The number of aliphatic hydroxyl groups excluding tert-OH is 1. The fraction of sp³-hybridized carbons (Fsp3) is 0.423. The van der Waals surface area contributed by atoms with Crippen molar-refractivity contribution in [2.24, 2.45) is 0 Å². The van der Waals surface area contributed by atoms with Crippen LogP contribution in [0.3, 0.4) is 0 Å². The molecule has 0 spiro atoms. The lowest BCUT2D eigenvalue weighted by Gasteiger charge is -2.26. The number of fused-ring (bicyclic) bond motifs is 3. The molecule has 0 saturated carbocycles. The molecule has 1 amide bonds. The molecular weight excluding hydrogens is 446 g/mol. The average molecular weight is 480 g/mol. The number of nitrogens with one attached hydrogen (secondary N) is 1. The van der Waals surface area contributed by atoms with E-state index < -0.39 is 0 Å². The zero-order valence-corrected chi connectivity index (χ0v) is 20.7. The Balaban J connectivity index is 1.53. The lowest BCUT2D eigenvalue weighted by atomic mass is 10.0. The Bertz CT molecular complexity index is 1130. The number of hydrogen-bond donors (Lipinski definition) is 2. The van der Waals surface area contributed by atoms with E-state index in [4.69, 9.17) is 0 Å². The minimum absolute atomic E-state index is 0.0440. The fourth-order valence-electron chi connectivity index (χ4n) is 4.42. The van der Waals surface area contributed by atoms with Gasteiger partial charge in [0.1, 0.15) is 17.0 Å². The summed E-state index contributed by atoms with van der Waals surface area (Å²) in [5.74, 6) is 0.857. The number of anilines is 1. The maximum absolute atomic E-state index is 12.8. The molecule has 1 aliphatic rings. The van der Waals surface area contributed by atoms with Gasteiger partial charge in [-0.1, -0.05) is 50.3 Å². The first-order chi connectivity index (χ1) is 16.6. The molecule has 3 aromatic rings. The summed E-state index contributed by atoms with van der Waals surface area (Å²) in [4.78, 5) is 28.2. The Hall–Kier alpha value is -2.81. The van der Waals surface area contributed by atoms with Crippen LogP contribution >= 0.6 is 11.3 Å². The average Bonchev–Trinajstić information content (AvgIpc) is 3.25. The van der Waals surface area contributed by atoms with Crippen LogP contribution in [0.25, 0.3) is 10.2 Å². The van der Waals surface area contributed by atoms with E-state index >= 15 is 0 Å². The van der Waals surface area contributed by atoms with Crippen molar-refractivity contribution in [2.45, 2.75) is 39.3 Å². The fourth-order valence-corrected chi connectivity index (χ4v) is 5.62. The van der Waals surface area contributed by atoms with E-state index in [9.17, 15) is 9.90 Å². The summed E-state index contributed by atoms with van der Waals surface area (Å²) in [6.45, 7) is 8.37. The topological polar surface area (TPSA) is 81.6 Å². The third-order valence-corrected chi connectivity index (χ3v) is 7.52. The SMILES string of the molecule is CCN(CC)C/C=C/C(=O)N1CCc2c(sc3ncnc(N[C@H](CCO)c4ccccc4)c23)C1. The molecule has 2 N–H and O–H groups in total. The molecule has 2 aromatic heterocycles. The Labute approximate surface area is 205 Å². The molecule has 3 heterocycles.